The summed E-state index contributed by atoms with van der Waals surface area (Å²) in [4.78, 5) is 30.0. The number of carbonyl (C=O) groups excluding carboxylic acids is 1. The normalized spacial score (nSPS) is 11.1. The fourth-order valence-electron chi connectivity index (χ4n) is 3.36. The first-order valence-electron chi connectivity index (χ1n) is 11.2. The van der Waals surface area contributed by atoms with Crippen LogP contribution in [-0.2, 0) is 4.79 Å². The van der Waals surface area contributed by atoms with E-state index in [2.05, 4.69) is 47.7 Å². The van der Waals surface area contributed by atoms with E-state index in [-0.39, 0.29) is 5.91 Å². The van der Waals surface area contributed by atoms with E-state index >= 15 is 0 Å². The van der Waals surface area contributed by atoms with Crippen molar-refractivity contribution < 1.29 is 10.1 Å². The number of hydrogen-bond donors (Lipinski definition) is 6. The number of pyridine rings is 2. The van der Waals surface area contributed by atoms with Crippen LogP contribution in [0, 0.1) is 22.7 Å². The third kappa shape index (κ3) is 5.93. The van der Waals surface area contributed by atoms with Gasteiger partial charge in [-0.25, -0.2) is 19.9 Å². The summed E-state index contributed by atoms with van der Waals surface area (Å²) in [7, 11) is 5.30. The molecule has 0 fully saturated rings. The number of rotatable bonds is 8. The summed E-state index contributed by atoms with van der Waals surface area (Å²) in [5, 5.41) is 26.2. The number of nitrogens with two attached hydrogens (primary N) is 1. The van der Waals surface area contributed by atoms with Crippen LogP contribution in [0.2, 0.25) is 0 Å². The van der Waals surface area contributed by atoms with Crippen molar-refractivity contribution >= 4 is 35.2 Å². The van der Waals surface area contributed by atoms with Gasteiger partial charge in [-0.05, 0) is 45.0 Å². The standard InChI is InChI=1S/C25H28N10O/c1-14(27)21-23(29-4)22(33-13-32-21)17-9-19(34-20(10-17)35-25(36)15(2)28-3)7-6-16-8-18(11-26)24(30-5)31-12-16/h8-13,15,26-29H,1-5H3,(H,30,31)(H,34,35,36)/p+1. The lowest BCUT2D eigenvalue weighted by Crippen LogP contribution is -2.73. The summed E-state index contributed by atoms with van der Waals surface area (Å²) in [5.74, 6) is 6.73. The zero-order valence-corrected chi connectivity index (χ0v) is 20.8. The Morgan fingerprint density at radius 2 is 1.94 bits per heavy atom. The molecule has 0 saturated heterocycles. The van der Waals surface area contributed by atoms with Crippen LogP contribution < -0.4 is 21.3 Å². The summed E-state index contributed by atoms with van der Waals surface area (Å²) in [6.07, 6.45) is 4.23. The molecule has 7 N–H and O–H groups in total. The molecule has 0 aliphatic rings. The number of anilines is 2. The lowest BCUT2D eigenvalue weighted by atomic mass is 10.1. The number of amides is 1. The molecule has 0 saturated carbocycles. The van der Waals surface area contributed by atoms with Crippen LogP contribution in [0.25, 0.3) is 11.3 Å². The molecule has 11 heteroatoms. The number of hydrogen-bond acceptors (Lipinski definition) is 9. The van der Waals surface area contributed by atoms with Crippen molar-refractivity contribution in [1.29, 1.82) is 10.8 Å². The molecule has 184 valence electrons. The van der Waals surface area contributed by atoms with Crippen LogP contribution in [0.5, 0.6) is 0 Å². The van der Waals surface area contributed by atoms with Gasteiger partial charge in [0.2, 0.25) is 5.91 Å². The van der Waals surface area contributed by atoms with Gasteiger partial charge in [0.1, 0.15) is 35.0 Å². The van der Waals surface area contributed by atoms with E-state index in [0.717, 1.165) is 0 Å². The van der Waals surface area contributed by atoms with Gasteiger partial charge in [0.05, 0.1) is 18.8 Å². The average molecular weight is 486 g/mol. The van der Waals surface area contributed by atoms with E-state index in [9.17, 15) is 4.79 Å². The molecule has 0 aliphatic carbocycles. The molecule has 1 unspecified atom stereocenters. The van der Waals surface area contributed by atoms with Crippen LogP contribution in [0.3, 0.4) is 0 Å². The van der Waals surface area contributed by atoms with Gasteiger partial charge < -0.3 is 32.1 Å². The second-order valence-corrected chi connectivity index (χ2v) is 7.83. The smallest absolute Gasteiger partial charge is 0.242 e. The van der Waals surface area contributed by atoms with Crippen molar-refractivity contribution in [1.82, 2.24) is 25.3 Å². The summed E-state index contributed by atoms with van der Waals surface area (Å²) >= 11 is 0. The Balaban J connectivity index is 2.14. The van der Waals surface area contributed by atoms with Crippen molar-refractivity contribution in [3.05, 3.63) is 53.2 Å². The van der Waals surface area contributed by atoms with Crippen molar-refractivity contribution in [3.63, 3.8) is 0 Å². The molecule has 36 heavy (non-hydrogen) atoms. The monoisotopic (exact) mass is 485 g/mol. The van der Waals surface area contributed by atoms with Gasteiger partial charge >= 0.3 is 0 Å². The van der Waals surface area contributed by atoms with Gasteiger partial charge in [0, 0.05) is 36.1 Å². The van der Waals surface area contributed by atoms with E-state index in [1.54, 1.807) is 52.3 Å². The van der Waals surface area contributed by atoms with E-state index in [1.807, 2.05) is 12.4 Å². The van der Waals surface area contributed by atoms with Gasteiger partial charge in [0.25, 0.3) is 0 Å². The molecule has 3 aromatic rings. The molecule has 3 rings (SSSR count). The largest absolute Gasteiger partial charge is 0.373 e. The maximum atomic E-state index is 12.5. The maximum absolute atomic E-state index is 12.5. The zero-order valence-electron chi connectivity index (χ0n) is 20.8. The highest BCUT2D eigenvalue weighted by molar-refractivity contribution is 6.00. The molecule has 11 nitrogen and oxygen atoms in total. The molecule has 0 spiro atoms. The molecular formula is C25H29N10O+. The highest BCUT2D eigenvalue weighted by Crippen LogP contribution is 2.27. The molecule has 1 amide bonds. The third-order valence-corrected chi connectivity index (χ3v) is 5.35. The minimum Gasteiger partial charge on any atom is -0.373 e. The lowest BCUT2D eigenvalue weighted by molar-refractivity contribution is -0.539. The van der Waals surface area contributed by atoms with E-state index in [0.29, 0.717) is 56.8 Å². The second kappa shape index (κ2) is 11.7. The number of quaternary nitrogens is 1. The molecule has 0 aromatic carbocycles. The van der Waals surface area contributed by atoms with Gasteiger partial charge in [-0.3, -0.25) is 4.79 Å². The Morgan fingerprint density at radius 1 is 1.17 bits per heavy atom. The van der Waals surface area contributed by atoms with Crippen LogP contribution in [0.15, 0.2) is 30.7 Å². The first-order chi connectivity index (χ1) is 17.3. The van der Waals surface area contributed by atoms with Crippen molar-refractivity contribution in [2.45, 2.75) is 19.9 Å². The van der Waals surface area contributed by atoms with Crippen molar-refractivity contribution in [3.8, 4) is 23.1 Å². The Bertz CT molecular complexity index is 1370. The minimum absolute atomic E-state index is 0.246. The van der Waals surface area contributed by atoms with Crippen LogP contribution in [0.4, 0.5) is 17.3 Å². The number of nitrogens with zero attached hydrogens (tertiary/aromatic N) is 4. The Kier molecular flexibility index (Phi) is 8.51. The predicted molar refractivity (Wildman–Crippen MR) is 140 cm³/mol. The van der Waals surface area contributed by atoms with Crippen LogP contribution >= 0.6 is 0 Å². The molecular weight excluding hydrogens is 456 g/mol. The number of carbonyl (C=O) groups is 1. The minimum atomic E-state index is -0.424. The predicted octanol–water partition coefficient (Wildman–Crippen LogP) is 1.13. The molecule has 1 atom stereocenters. The fourth-order valence-corrected chi connectivity index (χ4v) is 3.36. The summed E-state index contributed by atoms with van der Waals surface area (Å²) < 4.78 is 0. The maximum Gasteiger partial charge on any atom is 0.242 e. The van der Waals surface area contributed by atoms with E-state index in [1.165, 1.54) is 12.5 Å². The number of aromatic nitrogens is 4. The van der Waals surface area contributed by atoms with Crippen LogP contribution in [-0.4, -0.2) is 65.0 Å². The zero-order chi connectivity index (χ0) is 26.2. The van der Waals surface area contributed by atoms with Crippen LogP contribution in [0.1, 0.15) is 36.4 Å². The average Bonchev–Trinajstić information content (AvgIpc) is 2.90. The third-order valence-electron chi connectivity index (χ3n) is 5.35. The molecule has 0 aliphatic heterocycles. The topological polar surface area (TPSA) is 169 Å². The Hall–Kier alpha value is -4.53. The molecule has 0 radical (unpaired) electrons. The van der Waals surface area contributed by atoms with Gasteiger partial charge in [0.15, 0.2) is 5.69 Å². The molecule has 3 aromatic heterocycles. The van der Waals surface area contributed by atoms with Gasteiger partial charge in [-0.15, -0.1) is 0 Å². The number of nitrogens with one attached hydrogen (secondary N) is 5. The van der Waals surface area contributed by atoms with Crippen molar-refractivity contribution in [2.24, 2.45) is 0 Å². The Morgan fingerprint density at radius 3 is 2.58 bits per heavy atom. The first kappa shape index (κ1) is 26.1. The van der Waals surface area contributed by atoms with E-state index < -0.39 is 6.04 Å². The van der Waals surface area contributed by atoms with Gasteiger partial charge in [-0.1, -0.05) is 5.92 Å². The lowest BCUT2D eigenvalue weighted by Gasteiger charge is -2.13. The highest BCUT2D eigenvalue weighted by Gasteiger charge is 2.19. The summed E-state index contributed by atoms with van der Waals surface area (Å²) in [5.41, 5.74) is 4.44. The summed E-state index contributed by atoms with van der Waals surface area (Å²) in [6, 6.07) is 4.83. The van der Waals surface area contributed by atoms with Crippen molar-refractivity contribution in [2.75, 3.05) is 31.8 Å². The second-order valence-electron chi connectivity index (χ2n) is 7.83. The van der Waals surface area contributed by atoms with Gasteiger partial charge in [-0.2, -0.15) is 0 Å². The fraction of sp³-hybridized carbons (Fsp3) is 0.240. The quantitative estimate of drug-likeness (QED) is 0.205. The molecule has 3 heterocycles. The molecule has 0 bridgehead atoms. The summed E-state index contributed by atoms with van der Waals surface area (Å²) in [6.45, 7) is 3.42. The highest BCUT2D eigenvalue weighted by atomic mass is 16.2. The number of likely N-dealkylation sites (N-methyl/N-ethyl adjacent to an activating group) is 1. The Labute approximate surface area is 209 Å². The van der Waals surface area contributed by atoms with E-state index in [4.69, 9.17) is 10.8 Å². The SMILES string of the molecule is CNc1ncc(C#Cc2cc(-c3ncnc(C(C)=N)c3[NH2+]C)cc(NC(=O)C(C)NC)n2)cc1C=N. The first-order valence-corrected chi connectivity index (χ1v) is 11.2.